The topological polar surface area (TPSA) is 24.9 Å². The minimum Gasteiger partial charge on any atom is -0.497 e. The molecule has 134 valence electrons. The number of benzene rings is 1. The van der Waals surface area contributed by atoms with Crippen LogP contribution < -0.4 is 9.47 Å². The molecule has 0 radical (unpaired) electrons. The van der Waals surface area contributed by atoms with Crippen molar-refractivity contribution >= 4 is 0 Å². The van der Waals surface area contributed by atoms with Crippen LogP contribution in [0.1, 0.15) is 38.2 Å². The lowest BCUT2D eigenvalue weighted by molar-refractivity contribution is 0.0726. The van der Waals surface area contributed by atoms with Gasteiger partial charge in [-0.1, -0.05) is 6.92 Å². The number of ether oxygens (including phenoxy) is 2. The van der Waals surface area contributed by atoms with Crippen LogP contribution in [0.4, 0.5) is 0 Å². The van der Waals surface area contributed by atoms with Crippen LogP contribution >= 0.6 is 0 Å². The van der Waals surface area contributed by atoms with E-state index in [1.165, 1.54) is 57.4 Å². The summed E-state index contributed by atoms with van der Waals surface area (Å²) >= 11 is 0. The molecule has 0 saturated carbocycles. The quantitative estimate of drug-likeness (QED) is 0.825. The van der Waals surface area contributed by atoms with Crippen molar-refractivity contribution in [3.05, 3.63) is 23.8 Å². The van der Waals surface area contributed by atoms with Gasteiger partial charge in [-0.3, -0.25) is 4.90 Å². The van der Waals surface area contributed by atoms with Gasteiger partial charge in [0.05, 0.1) is 14.2 Å². The van der Waals surface area contributed by atoms with E-state index in [0.29, 0.717) is 0 Å². The fourth-order valence-corrected chi connectivity index (χ4v) is 4.25. The summed E-state index contributed by atoms with van der Waals surface area (Å²) in [7, 11) is 3.46. The van der Waals surface area contributed by atoms with E-state index in [0.717, 1.165) is 30.0 Å². The molecule has 2 heterocycles. The molecule has 0 bridgehead atoms. The van der Waals surface area contributed by atoms with Gasteiger partial charge in [0.15, 0.2) is 0 Å². The van der Waals surface area contributed by atoms with Gasteiger partial charge in [0.1, 0.15) is 11.5 Å². The number of rotatable bonds is 5. The Morgan fingerprint density at radius 3 is 2.50 bits per heavy atom. The van der Waals surface area contributed by atoms with E-state index in [1.54, 1.807) is 14.2 Å². The Morgan fingerprint density at radius 1 is 1.04 bits per heavy atom. The number of nitrogens with zero attached hydrogens (tertiary/aromatic N) is 2. The number of piperidine rings is 2. The predicted molar refractivity (Wildman–Crippen MR) is 97.8 cm³/mol. The van der Waals surface area contributed by atoms with Gasteiger partial charge in [-0.05, 0) is 69.4 Å². The molecule has 1 aromatic rings. The molecule has 4 nitrogen and oxygen atoms in total. The van der Waals surface area contributed by atoms with E-state index in [2.05, 4.69) is 22.8 Å². The number of likely N-dealkylation sites (tertiary alicyclic amines) is 2. The Balaban J connectivity index is 1.55. The van der Waals surface area contributed by atoms with E-state index in [1.807, 2.05) is 12.1 Å². The van der Waals surface area contributed by atoms with Gasteiger partial charge < -0.3 is 14.4 Å². The minimum atomic E-state index is 0.788. The molecule has 2 aliphatic rings. The van der Waals surface area contributed by atoms with Gasteiger partial charge in [-0.15, -0.1) is 0 Å². The highest BCUT2D eigenvalue weighted by atomic mass is 16.5. The molecule has 1 atom stereocenters. The molecule has 2 aliphatic heterocycles. The Bertz CT molecular complexity index is 526. The smallest absolute Gasteiger partial charge is 0.123 e. The summed E-state index contributed by atoms with van der Waals surface area (Å²) in [4.78, 5) is 5.30. The van der Waals surface area contributed by atoms with E-state index in [4.69, 9.17) is 9.47 Å². The summed E-state index contributed by atoms with van der Waals surface area (Å²) in [6.07, 6.45) is 5.37. The van der Waals surface area contributed by atoms with Gasteiger partial charge in [-0.2, -0.15) is 0 Å². The van der Waals surface area contributed by atoms with Crippen molar-refractivity contribution in [1.82, 2.24) is 9.80 Å². The first-order valence-corrected chi connectivity index (χ1v) is 9.37. The van der Waals surface area contributed by atoms with Gasteiger partial charge in [0.25, 0.3) is 0 Å². The SMILES string of the molecule is COc1ccc(OC)c(CN2CCC(N3CCC[C@H](C)C3)CC2)c1. The highest BCUT2D eigenvalue weighted by molar-refractivity contribution is 5.40. The molecular formula is C20H32N2O2. The molecule has 0 unspecified atom stereocenters. The normalized spacial score (nSPS) is 24.0. The Labute approximate surface area is 146 Å². The third-order valence-corrected chi connectivity index (χ3v) is 5.64. The first-order valence-electron chi connectivity index (χ1n) is 9.37. The number of hydrogen-bond acceptors (Lipinski definition) is 4. The molecule has 2 saturated heterocycles. The van der Waals surface area contributed by atoms with Crippen LogP contribution in [0.15, 0.2) is 18.2 Å². The highest BCUT2D eigenvalue weighted by Crippen LogP contribution is 2.28. The molecule has 0 aromatic heterocycles. The zero-order valence-electron chi connectivity index (χ0n) is 15.5. The average molecular weight is 332 g/mol. The summed E-state index contributed by atoms with van der Waals surface area (Å²) in [6, 6.07) is 6.87. The molecule has 1 aromatic carbocycles. The van der Waals surface area contributed by atoms with Gasteiger partial charge in [0.2, 0.25) is 0 Å². The second kappa shape index (κ2) is 8.21. The van der Waals surface area contributed by atoms with Crippen molar-refractivity contribution in [2.45, 2.75) is 45.2 Å². The summed E-state index contributed by atoms with van der Waals surface area (Å²) in [5.41, 5.74) is 1.22. The van der Waals surface area contributed by atoms with Gasteiger partial charge in [-0.25, -0.2) is 0 Å². The maximum Gasteiger partial charge on any atom is 0.123 e. The van der Waals surface area contributed by atoms with Gasteiger partial charge >= 0.3 is 0 Å². The molecular weight excluding hydrogens is 300 g/mol. The Morgan fingerprint density at radius 2 is 1.83 bits per heavy atom. The second-order valence-corrected chi connectivity index (χ2v) is 7.43. The van der Waals surface area contributed by atoms with Gasteiger partial charge in [0, 0.05) is 24.7 Å². The molecule has 0 amide bonds. The fraction of sp³-hybridized carbons (Fsp3) is 0.700. The van der Waals surface area contributed by atoms with Crippen LogP contribution in [0.25, 0.3) is 0 Å². The predicted octanol–water partition coefficient (Wildman–Crippen LogP) is 3.40. The summed E-state index contributed by atoms with van der Waals surface area (Å²) in [6.45, 7) is 8.30. The van der Waals surface area contributed by atoms with Crippen LogP contribution in [0.2, 0.25) is 0 Å². The fourth-order valence-electron chi connectivity index (χ4n) is 4.25. The molecule has 0 N–H and O–H groups in total. The third-order valence-electron chi connectivity index (χ3n) is 5.64. The van der Waals surface area contributed by atoms with Crippen LogP contribution in [-0.2, 0) is 6.54 Å². The Kier molecular flexibility index (Phi) is 6.01. The van der Waals surface area contributed by atoms with Crippen molar-refractivity contribution in [1.29, 1.82) is 0 Å². The first-order chi connectivity index (χ1) is 11.7. The number of methoxy groups -OCH3 is 2. The standard InChI is InChI=1S/C20H32N2O2/c1-16-5-4-10-22(14-16)18-8-11-21(12-9-18)15-17-13-19(23-2)6-7-20(17)24-3/h6-7,13,16,18H,4-5,8-12,14-15H2,1-3H3/t16-/m0/s1. The van der Waals surface area contributed by atoms with E-state index >= 15 is 0 Å². The van der Waals surface area contributed by atoms with E-state index in [9.17, 15) is 0 Å². The molecule has 0 spiro atoms. The average Bonchev–Trinajstić information content (AvgIpc) is 2.62. The van der Waals surface area contributed by atoms with Crippen LogP contribution in [-0.4, -0.2) is 56.2 Å². The second-order valence-electron chi connectivity index (χ2n) is 7.43. The third kappa shape index (κ3) is 4.22. The lowest BCUT2D eigenvalue weighted by Gasteiger charge is -2.41. The summed E-state index contributed by atoms with van der Waals surface area (Å²) in [5.74, 6) is 2.74. The van der Waals surface area contributed by atoms with Crippen molar-refractivity contribution in [3.8, 4) is 11.5 Å². The van der Waals surface area contributed by atoms with Crippen LogP contribution in [0.5, 0.6) is 11.5 Å². The lowest BCUT2D eigenvalue weighted by Crippen LogP contribution is -2.47. The Hall–Kier alpha value is -1.26. The molecule has 24 heavy (non-hydrogen) atoms. The van der Waals surface area contributed by atoms with Crippen LogP contribution in [0.3, 0.4) is 0 Å². The van der Waals surface area contributed by atoms with Crippen molar-refractivity contribution in [3.63, 3.8) is 0 Å². The van der Waals surface area contributed by atoms with E-state index < -0.39 is 0 Å². The number of hydrogen-bond donors (Lipinski definition) is 0. The summed E-state index contributed by atoms with van der Waals surface area (Å²) < 4.78 is 10.9. The highest BCUT2D eigenvalue weighted by Gasteiger charge is 2.27. The van der Waals surface area contributed by atoms with Crippen molar-refractivity contribution < 1.29 is 9.47 Å². The lowest BCUT2D eigenvalue weighted by atomic mass is 9.95. The molecule has 2 fully saturated rings. The first kappa shape index (κ1) is 17.6. The largest absolute Gasteiger partial charge is 0.497 e. The van der Waals surface area contributed by atoms with Crippen molar-refractivity contribution in [2.75, 3.05) is 40.4 Å². The summed E-state index contributed by atoms with van der Waals surface area (Å²) in [5, 5.41) is 0. The van der Waals surface area contributed by atoms with Crippen LogP contribution in [0, 0.1) is 5.92 Å². The molecule has 4 heteroatoms. The molecule has 3 rings (SSSR count). The van der Waals surface area contributed by atoms with Crippen molar-refractivity contribution in [2.24, 2.45) is 5.92 Å². The van der Waals surface area contributed by atoms with E-state index in [-0.39, 0.29) is 0 Å². The maximum atomic E-state index is 5.52. The monoisotopic (exact) mass is 332 g/mol. The zero-order chi connectivity index (χ0) is 16.9. The maximum absolute atomic E-state index is 5.52. The molecule has 0 aliphatic carbocycles. The zero-order valence-corrected chi connectivity index (χ0v) is 15.5. The minimum absolute atomic E-state index is 0.788.